The summed E-state index contributed by atoms with van der Waals surface area (Å²) in [6, 6.07) is 3.18. The van der Waals surface area contributed by atoms with Gasteiger partial charge in [-0.15, -0.1) is 0 Å². The molecule has 0 amide bonds. The van der Waals surface area contributed by atoms with Crippen molar-refractivity contribution in [2.75, 3.05) is 11.9 Å². The molecule has 4 aromatic heterocycles. The maximum absolute atomic E-state index is 12.1. The van der Waals surface area contributed by atoms with Crippen LogP contribution < -0.4 is 5.32 Å². The van der Waals surface area contributed by atoms with E-state index in [-0.39, 0.29) is 11.7 Å². The molecule has 160 valence electrons. The molecule has 1 N–H and O–H groups in total. The summed E-state index contributed by atoms with van der Waals surface area (Å²) < 4.78 is 41.8. The van der Waals surface area contributed by atoms with Gasteiger partial charge in [-0.1, -0.05) is 23.2 Å². The lowest BCUT2D eigenvalue weighted by Gasteiger charge is -2.09. The molecule has 0 aliphatic carbocycles. The monoisotopic (exact) mass is 747 g/mol. The van der Waals surface area contributed by atoms with Crippen molar-refractivity contribution in [3.63, 3.8) is 0 Å². The molecule has 0 fully saturated rings. The highest BCUT2D eigenvalue weighted by Crippen LogP contribution is 2.23. The van der Waals surface area contributed by atoms with Crippen LogP contribution >= 0.6 is 84.3 Å². The van der Waals surface area contributed by atoms with Gasteiger partial charge in [-0.2, -0.15) is 23.4 Å². The van der Waals surface area contributed by atoms with Gasteiger partial charge >= 0.3 is 6.18 Å². The van der Waals surface area contributed by atoms with Crippen molar-refractivity contribution >= 4 is 101 Å². The van der Waals surface area contributed by atoms with Crippen LogP contribution in [-0.4, -0.2) is 41.9 Å². The van der Waals surface area contributed by atoms with Gasteiger partial charge in [0.1, 0.15) is 7.40 Å². The summed E-state index contributed by atoms with van der Waals surface area (Å²) in [5.41, 5.74) is 1.66. The highest BCUT2D eigenvalue weighted by molar-refractivity contribution is 14.1. The fourth-order valence-electron chi connectivity index (χ4n) is 2.26. The molecule has 4 aromatic rings. The fraction of sp³-hybridized carbons (Fsp3) is 0.200. The van der Waals surface area contributed by atoms with Gasteiger partial charge in [-0.05, 0) is 67.2 Å². The molecule has 0 radical (unpaired) electrons. The van der Waals surface area contributed by atoms with E-state index in [2.05, 4.69) is 64.0 Å². The Morgan fingerprint density at radius 3 is 2.10 bits per heavy atom. The summed E-state index contributed by atoms with van der Waals surface area (Å²) in [6.07, 6.45) is -1.81. The maximum atomic E-state index is 12.1. The second-order valence-electron chi connectivity index (χ2n) is 5.62. The summed E-state index contributed by atoms with van der Waals surface area (Å²) in [5.74, 6) is 0. The zero-order chi connectivity index (χ0) is 22.1. The van der Waals surface area contributed by atoms with Gasteiger partial charge in [0.25, 0.3) is 0 Å². The van der Waals surface area contributed by atoms with Crippen LogP contribution in [0.5, 0.6) is 0 Å². The van der Waals surface area contributed by atoms with Crippen molar-refractivity contribution in [2.45, 2.75) is 12.6 Å². The Bertz CT molecular complexity index is 1200. The van der Waals surface area contributed by atoms with Gasteiger partial charge in [-0.3, -0.25) is 0 Å². The topological polar surface area (TPSA) is 72.4 Å². The molecule has 0 aliphatic heterocycles. The van der Waals surface area contributed by atoms with E-state index in [4.69, 9.17) is 23.2 Å². The first-order chi connectivity index (χ1) is 14.0. The average Bonchev–Trinajstić information content (AvgIpc) is 3.18. The molecule has 30 heavy (non-hydrogen) atoms. The lowest BCUT2D eigenvalue weighted by atomic mass is 10.4. The number of nitrogens with zero attached hydrogens (tertiary/aromatic N) is 6. The Kier molecular flexibility index (Phi) is 7.90. The largest absolute Gasteiger partial charge is 0.390 e. The normalized spacial score (nSPS) is 11.6. The molecule has 0 spiro atoms. The predicted octanol–water partition coefficient (Wildman–Crippen LogP) is 6.10. The van der Waals surface area contributed by atoms with Gasteiger partial charge < -0.3 is 5.32 Å². The molecule has 4 rings (SSSR count). The van der Waals surface area contributed by atoms with Crippen LogP contribution in [0.1, 0.15) is 6.42 Å². The molecule has 15 heteroatoms. The van der Waals surface area contributed by atoms with Crippen LogP contribution in [0.15, 0.2) is 29.0 Å². The van der Waals surface area contributed by atoms with Gasteiger partial charge in [-0.25, -0.2) is 19.0 Å². The summed E-state index contributed by atoms with van der Waals surface area (Å²) in [6.45, 7) is -0.233. The average molecular weight is 749 g/mol. The smallest absolute Gasteiger partial charge is 0.382 e. The molecule has 0 saturated heterocycles. The van der Waals surface area contributed by atoms with E-state index in [9.17, 15) is 13.2 Å². The maximum Gasteiger partial charge on any atom is 0.390 e. The zero-order valence-electron chi connectivity index (χ0n) is 14.4. The van der Waals surface area contributed by atoms with Crippen LogP contribution in [0, 0.1) is 7.40 Å². The van der Waals surface area contributed by atoms with Gasteiger partial charge in [0.05, 0.1) is 29.0 Å². The molecule has 0 aromatic carbocycles. The number of fused-ring (bicyclic) bond motifs is 2. The number of rotatable bonds is 3. The number of imidazole rings is 2. The van der Waals surface area contributed by atoms with Crippen molar-refractivity contribution in [3.05, 3.63) is 46.7 Å². The molecule has 7 nitrogen and oxygen atoms in total. The van der Waals surface area contributed by atoms with Gasteiger partial charge in [0.2, 0.25) is 0 Å². The molecule has 0 bridgehead atoms. The second-order valence-corrected chi connectivity index (χ2v) is 9.46. The predicted molar refractivity (Wildman–Crippen MR) is 128 cm³/mol. The standard InChI is InChI=1S/C9H7ClF3IN4.C6H2BrClIN3/c10-6-3-5(15-2-1-9(11,12)13)8-16-4-7(14)18(8)17-6;7-3-1-4(8)11-12-5(9)2-10-6(3)12/h3-4,15H,1-2H2;1-2H. The van der Waals surface area contributed by atoms with Gasteiger partial charge in [0.15, 0.2) is 21.6 Å². The molecule has 0 aliphatic rings. The first-order valence-corrected chi connectivity index (χ1v) is 11.6. The Morgan fingerprint density at radius 2 is 1.50 bits per heavy atom. The number of hydrogen-bond acceptors (Lipinski definition) is 5. The van der Waals surface area contributed by atoms with E-state index < -0.39 is 12.6 Å². The van der Waals surface area contributed by atoms with E-state index in [0.717, 1.165) is 17.5 Å². The first kappa shape index (κ1) is 24.0. The first-order valence-electron chi connectivity index (χ1n) is 7.91. The van der Waals surface area contributed by atoms with E-state index in [0.29, 0.717) is 16.5 Å². The number of alkyl halides is 3. The van der Waals surface area contributed by atoms with Crippen LogP contribution in [0.3, 0.4) is 0 Å². The number of aromatic nitrogens is 6. The minimum absolute atomic E-state index is 0.188. The van der Waals surface area contributed by atoms with Crippen molar-refractivity contribution in [2.24, 2.45) is 0 Å². The lowest BCUT2D eigenvalue weighted by Crippen LogP contribution is -2.15. The second kappa shape index (κ2) is 9.87. The minimum atomic E-state index is -4.19. The van der Waals surface area contributed by atoms with Crippen molar-refractivity contribution in [3.8, 4) is 0 Å². The third kappa shape index (κ3) is 5.98. The summed E-state index contributed by atoms with van der Waals surface area (Å²) >= 11 is 19.1. The van der Waals surface area contributed by atoms with Crippen LogP contribution in [-0.2, 0) is 0 Å². The Labute approximate surface area is 213 Å². The molecule has 0 saturated carbocycles. The van der Waals surface area contributed by atoms with Crippen LogP contribution in [0.25, 0.3) is 11.3 Å². The lowest BCUT2D eigenvalue weighted by molar-refractivity contribution is -0.131. The summed E-state index contributed by atoms with van der Waals surface area (Å²) in [7, 11) is 0. The molecule has 0 atom stereocenters. The van der Waals surface area contributed by atoms with Crippen molar-refractivity contribution in [1.29, 1.82) is 0 Å². The molecule has 0 unspecified atom stereocenters. The number of anilines is 1. The van der Waals surface area contributed by atoms with E-state index in [1.165, 1.54) is 10.6 Å². The van der Waals surface area contributed by atoms with Gasteiger partial charge in [0, 0.05) is 12.6 Å². The number of nitrogens with one attached hydrogen (secondary N) is 1. The highest BCUT2D eigenvalue weighted by Gasteiger charge is 2.26. The summed E-state index contributed by atoms with van der Waals surface area (Å²) in [4.78, 5) is 8.21. The van der Waals surface area contributed by atoms with E-state index in [1.54, 1.807) is 23.0 Å². The number of hydrogen-bond donors (Lipinski definition) is 1. The molecular weight excluding hydrogens is 740 g/mol. The summed E-state index contributed by atoms with van der Waals surface area (Å²) in [5, 5.41) is 11.4. The highest BCUT2D eigenvalue weighted by atomic mass is 127. The van der Waals surface area contributed by atoms with Crippen LogP contribution in [0.4, 0.5) is 18.9 Å². The third-order valence-electron chi connectivity index (χ3n) is 3.47. The molecular formula is C15H9BrCl2F3I2N7. The van der Waals surface area contributed by atoms with E-state index >= 15 is 0 Å². The Balaban J connectivity index is 0.000000184. The van der Waals surface area contributed by atoms with Crippen molar-refractivity contribution in [1.82, 2.24) is 29.2 Å². The third-order valence-corrected chi connectivity index (χ3v) is 5.90. The minimum Gasteiger partial charge on any atom is -0.382 e. The SMILES string of the molecule is Clc1cc(Br)c2ncc(I)n2n1.FC(F)(F)CCNc1cc(Cl)nn2c(I)cnc12. The van der Waals surface area contributed by atoms with E-state index in [1.807, 2.05) is 22.6 Å². The quantitative estimate of drug-likeness (QED) is 0.257. The fourth-order valence-corrected chi connectivity index (χ4v) is 4.20. The zero-order valence-corrected chi connectivity index (χ0v) is 21.8. The van der Waals surface area contributed by atoms with Crippen molar-refractivity contribution < 1.29 is 13.2 Å². The van der Waals surface area contributed by atoms with Crippen LogP contribution in [0.2, 0.25) is 10.3 Å². The Hall–Kier alpha value is -0.650. The molecule has 4 heterocycles. The number of halogens is 8. The Morgan fingerprint density at radius 1 is 0.967 bits per heavy atom.